The predicted molar refractivity (Wildman–Crippen MR) is 57.3 cm³/mol. The van der Waals surface area contributed by atoms with Crippen molar-refractivity contribution in [2.45, 2.75) is 12.7 Å². The highest BCUT2D eigenvalue weighted by Crippen LogP contribution is 2.30. The minimum absolute atomic E-state index is 0.0837. The molecule has 1 heterocycles. The second kappa shape index (κ2) is 4.67. The molecule has 2 N–H and O–H groups in total. The van der Waals surface area contributed by atoms with Crippen molar-refractivity contribution in [3.8, 4) is 0 Å². The summed E-state index contributed by atoms with van der Waals surface area (Å²) in [5.74, 6) is -0.909. The van der Waals surface area contributed by atoms with Gasteiger partial charge in [0.1, 0.15) is 5.82 Å². The highest BCUT2D eigenvalue weighted by Gasteiger charge is 2.31. The molecule has 1 aromatic heterocycles. The summed E-state index contributed by atoms with van der Waals surface area (Å²) in [6.45, 7) is 0.0837. The predicted octanol–water partition coefficient (Wildman–Crippen LogP) is 3.18. The van der Waals surface area contributed by atoms with Crippen molar-refractivity contribution in [2.24, 2.45) is 0 Å². The minimum Gasteiger partial charge on any atom is -0.378 e. The molecule has 0 atom stereocenters. The lowest BCUT2D eigenvalue weighted by Gasteiger charge is -2.10. The van der Waals surface area contributed by atoms with Crippen LogP contribution in [0.2, 0.25) is 0 Å². The number of halogens is 4. The normalized spacial score (nSPS) is 11.6. The number of hydrogen-bond acceptors (Lipinski definition) is 2. The van der Waals surface area contributed by atoms with E-state index in [1.165, 1.54) is 6.20 Å². The van der Waals surface area contributed by atoms with Gasteiger partial charge in [-0.3, -0.25) is 5.10 Å². The summed E-state index contributed by atoms with van der Waals surface area (Å²) in [5.41, 5.74) is -0.164. The van der Waals surface area contributed by atoms with E-state index >= 15 is 0 Å². The van der Waals surface area contributed by atoms with Crippen LogP contribution in [0, 0.1) is 5.82 Å². The quantitative estimate of drug-likeness (QED) is 0.831. The SMILES string of the molecule is Fc1cc(CNc2cn[nH]c2)cc(C(F)(F)F)c1. The second-order valence-electron chi connectivity index (χ2n) is 3.69. The standard InChI is InChI=1S/C11H9F4N3/c12-9-2-7(1-8(3-9)11(13,14)15)4-16-10-5-17-18-6-10/h1-3,5-6,16H,4H2,(H,17,18). The van der Waals surface area contributed by atoms with E-state index in [1.807, 2.05) is 0 Å². The van der Waals surface area contributed by atoms with Gasteiger partial charge in [-0.15, -0.1) is 0 Å². The van der Waals surface area contributed by atoms with Gasteiger partial charge in [-0.1, -0.05) is 0 Å². The Morgan fingerprint density at radius 2 is 2.00 bits per heavy atom. The van der Waals surface area contributed by atoms with Crippen LogP contribution >= 0.6 is 0 Å². The van der Waals surface area contributed by atoms with Gasteiger partial charge in [0.2, 0.25) is 0 Å². The molecule has 0 spiro atoms. The number of hydrogen-bond donors (Lipinski definition) is 2. The Bertz CT molecular complexity index is 520. The van der Waals surface area contributed by atoms with Gasteiger partial charge < -0.3 is 5.32 Å². The summed E-state index contributed by atoms with van der Waals surface area (Å²) in [4.78, 5) is 0. The van der Waals surface area contributed by atoms with Crippen molar-refractivity contribution < 1.29 is 17.6 Å². The van der Waals surface area contributed by atoms with Crippen LogP contribution in [-0.4, -0.2) is 10.2 Å². The average Bonchev–Trinajstić information content (AvgIpc) is 2.77. The Balaban J connectivity index is 2.15. The average molecular weight is 259 g/mol. The molecule has 0 amide bonds. The first-order valence-corrected chi connectivity index (χ1v) is 5.04. The molecule has 7 heteroatoms. The molecule has 3 nitrogen and oxygen atoms in total. The van der Waals surface area contributed by atoms with Crippen molar-refractivity contribution in [3.63, 3.8) is 0 Å². The van der Waals surface area contributed by atoms with E-state index in [-0.39, 0.29) is 12.1 Å². The fourth-order valence-corrected chi connectivity index (χ4v) is 1.47. The van der Waals surface area contributed by atoms with Gasteiger partial charge in [0.05, 0.1) is 17.4 Å². The molecule has 0 saturated carbocycles. The number of aromatic nitrogens is 2. The van der Waals surface area contributed by atoms with Crippen LogP contribution in [0.3, 0.4) is 0 Å². The van der Waals surface area contributed by atoms with Crippen molar-refractivity contribution in [2.75, 3.05) is 5.32 Å². The Morgan fingerprint density at radius 3 is 2.61 bits per heavy atom. The third-order valence-corrected chi connectivity index (χ3v) is 2.28. The number of nitrogens with zero attached hydrogens (tertiary/aromatic N) is 1. The Morgan fingerprint density at radius 1 is 1.22 bits per heavy atom. The second-order valence-corrected chi connectivity index (χ2v) is 3.69. The number of rotatable bonds is 3. The highest BCUT2D eigenvalue weighted by molar-refractivity contribution is 5.39. The van der Waals surface area contributed by atoms with Crippen LogP contribution in [0.1, 0.15) is 11.1 Å². The number of nitrogens with one attached hydrogen (secondary N) is 2. The number of alkyl halides is 3. The van der Waals surface area contributed by atoms with Gasteiger partial charge in [0.15, 0.2) is 0 Å². The van der Waals surface area contributed by atoms with Crippen molar-refractivity contribution in [1.82, 2.24) is 10.2 Å². The van der Waals surface area contributed by atoms with Crippen LogP contribution in [0.5, 0.6) is 0 Å². The number of H-pyrrole nitrogens is 1. The molecule has 96 valence electrons. The fourth-order valence-electron chi connectivity index (χ4n) is 1.47. The third-order valence-electron chi connectivity index (χ3n) is 2.28. The molecule has 0 aliphatic heterocycles. The topological polar surface area (TPSA) is 40.7 Å². The molecule has 0 fully saturated rings. The molecule has 0 bridgehead atoms. The molecule has 0 radical (unpaired) electrons. The molecule has 0 aliphatic carbocycles. The van der Waals surface area contributed by atoms with Gasteiger partial charge in [-0.2, -0.15) is 18.3 Å². The van der Waals surface area contributed by atoms with Gasteiger partial charge in [0.25, 0.3) is 0 Å². The van der Waals surface area contributed by atoms with Gasteiger partial charge in [0, 0.05) is 12.7 Å². The molecular weight excluding hydrogens is 250 g/mol. The molecule has 18 heavy (non-hydrogen) atoms. The monoisotopic (exact) mass is 259 g/mol. The van der Waals surface area contributed by atoms with Crippen molar-refractivity contribution in [1.29, 1.82) is 0 Å². The summed E-state index contributed by atoms with van der Waals surface area (Å²) in [7, 11) is 0. The Hall–Kier alpha value is -2.05. The van der Waals surface area contributed by atoms with E-state index in [2.05, 4.69) is 15.5 Å². The van der Waals surface area contributed by atoms with Crippen molar-refractivity contribution in [3.05, 3.63) is 47.5 Å². The van der Waals surface area contributed by atoms with E-state index in [9.17, 15) is 17.6 Å². The zero-order valence-electron chi connectivity index (χ0n) is 9.05. The van der Waals surface area contributed by atoms with Crippen LogP contribution < -0.4 is 5.32 Å². The first-order chi connectivity index (χ1) is 8.45. The zero-order valence-corrected chi connectivity index (χ0v) is 9.05. The lowest BCUT2D eigenvalue weighted by molar-refractivity contribution is -0.137. The smallest absolute Gasteiger partial charge is 0.378 e. The van der Waals surface area contributed by atoms with Crippen molar-refractivity contribution >= 4 is 5.69 Å². The van der Waals surface area contributed by atoms with E-state index in [0.29, 0.717) is 11.8 Å². The summed E-state index contributed by atoms with van der Waals surface area (Å²) in [5, 5.41) is 9.03. The molecule has 1 aromatic carbocycles. The molecular formula is C11H9F4N3. The summed E-state index contributed by atoms with van der Waals surface area (Å²) < 4.78 is 50.5. The van der Waals surface area contributed by atoms with Gasteiger partial charge >= 0.3 is 6.18 Å². The largest absolute Gasteiger partial charge is 0.416 e. The first kappa shape index (κ1) is 12.4. The zero-order chi connectivity index (χ0) is 13.2. The van der Waals surface area contributed by atoms with Crippen LogP contribution in [0.25, 0.3) is 0 Å². The van der Waals surface area contributed by atoms with E-state index < -0.39 is 17.6 Å². The summed E-state index contributed by atoms with van der Waals surface area (Å²) in [6.07, 6.45) is -1.53. The molecule has 0 aliphatic rings. The number of benzene rings is 1. The maximum Gasteiger partial charge on any atom is 0.416 e. The molecule has 2 aromatic rings. The van der Waals surface area contributed by atoms with Crippen LogP contribution in [-0.2, 0) is 12.7 Å². The molecule has 0 saturated heterocycles. The van der Waals surface area contributed by atoms with Gasteiger partial charge in [-0.25, -0.2) is 4.39 Å². The van der Waals surface area contributed by atoms with E-state index in [0.717, 1.165) is 12.1 Å². The maximum absolute atomic E-state index is 13.1. The maximum atomic E-state index is 13.1. The van der Waals surface area contributed by atoms with Gasteiger partial charge in [-0.05, 0) is 23.8 Å². The first-order valence-electron chi connectivity index (χ1n) is 5.04. The van der Waals surface area contributed by atoms with Crippen LogP contribution in [0.15, 0.2) is 30.6 Å². The Labute approximate surface area is 99.8 Å². The lowest BCUT2D eigenvalue weighted by Crippen LogP contribution is -2.08. The summed E-state index contributed by atoms with van der Waals surface area (Å²) in [6, 6.07) is 2.44. The number of anilines is 1. The lowest BCUT2D eigenvalue weighted by atomic mass is 10.1. The highest BCUT2D eigenvalue weighted by atomic mass is 19.4. The Kier molecular flexibility index (Phi) is 3.22. The third kappa shape index (κ3) is 2.99. The van der Waals surface area contributed by atoms with E-state index in [4.69, 9.17) is 0 Å². The minimum atomic E-state index is -4.55. The molecule has 0 unspecified atom stereocenters. The van der Waals surface area contributed by atoms with Crippen LogP contribution in [0.4, 0.5) is 23.2 Å². The van der Waals surface area contributed by atoms with E-state index in [1.54, 1.807) is 6.20 Å². The number of aromatic amines is 1. The fraction of sp³-hybridized carbons (Fsp3) is 0.182. The summed E-state index contributed by atoms with van der Waals surface area (Å²) >= 11 is 0. The molecule has 2 rings (SSSR count).